The molecule has 0 aromatic carbocycles. The Balaban J connectivity index is 0.00000169. The fourth-order valence-corrected chi connectivity index (χ4v) is 1.64. The van der Waals surface area contributed by atoms with E-state index < -0.39 is 6.09 Å². The molecule has 0 unspecified atom stereocenters. The van der Waals surface area contributed by atoms with Crippen molar-refractivity contribution in [2.24, 2.45) is 5.73 Å². The maximum atomic E-state index is 10.2. The van der Waals surface area contributed by atoms with Crippen molar-refractivity contribution in [2.75, 3.05) is 26.2 Å². The first-order valence-corrected chi connectivity index (χ1v) is 4.93. The van der Waals surface area contributed by atoms with Gasteiger partial charge in [-0.15, -0.1) is 12.4 Å². The molecule has 1 fully saturated rings. The molecular formula is C9H19ClN2O2. The van der Waals surface area contributed by atoms with Gasteiger partial charge in [0.15, 0.2) is 0 Å². The maximum absolute atomic E-state index is 10.2. The summed E-state index contributed by atoms with van der Waals surface area (Å²) in [6.45, 7) is 3.85. The molecule has 1 aliphatic rings. The number of carbonyl (C=O) groups is 1. The molecule has 1 rings (SSSR count). The van der Waals surface area contributed by atoms with Crippen molar-refractivity contribution < 1.29 is 9.53 Å². The average molecular weight is 223 g/mol. The minimum absolute atomic E-state index is 0. The van der Waals surface area contributed by atoms with Gasteiger partial charge in [0.1, 0.15) is 0 Å². The van der Waals surface area contributed by atoms with Crippen molar-refractivity contribution in [1.29, 1.82) is 0 Å². The van der Waals surface area contributed by atoms with Crippen molar-refractivity contribution >= 4 is 18.5 Å². The van der Waals surface area contributed by atoms with Crippen molar-refractivity contribution in [3.8, 4) is 0 Å². The Morgan fingerprint density at radius 1 is 1.29 bits per heavy atom. The van der Waals surface area contributed by atoms with Gasteiger partial charge in [-0.2, -0.15) is 0 Å². The molecule has 5 heteroatoms. The molecule has 0 atom stereocenters. The monoisotopic (exact) mass is 222 g/mol. The van der Waals surface area contributed by atoms with Gasteiger partial charge in [-0.05, 0) is 32.4 Å². The topological polar surface area (TPSA) is 55.6 Å². The van der Waals surface area contributed by atoms with Crippen LogP contribution in [0.15, 0.2) is 0 Å². The first kappa shape index (κ1) is 13.5. The van der Waals surface area contributed by atoms with E-state index in [2.05, 4.69) is 9.64 Å². The van der Waals surface area contributed by atoms with Crippen LogP contribution in [0.4, 0.5) is 4.79 Å². The molecule has 1 aliphatic heterocycles. The highest BCUT2D eigenvalue weighted by Gasteiger charge is 2.08. The SMILES string of the molecule is Cl.NC(=O)OCCCN1CCCCC1. The van der Waals surface area contributed by atoms with Crippen LogP contribution in [-0.2, 0) is 4.74 Å². The van der Waals surface area contributed by atoms with Gasteiger partial charge in [0.05, 0.1) is 6.61 Å². The number of likely N-dealkylation sites (tertiary alicyclic amines) is 1. The highest BCUT2D eigenvalue weighted by molar-refractivity contribution is 5.85. The summed E-state index contributed by atoms with van der Waals surface area (Å²) in [5.41, 5.74) is 4.84. The van der Waals surface area contributed by atoms with Gasteiger partial charge in [-0.25, -0.2) is 4.79 Å². The number of rotatable bonds is 4. The van der Waals surface area contributed by atoms with Crippen LogP contribution in [-0.4, -0.2) is 37.2 Å². The lowest BCUT2D eigenvalue weighted by Gasteiger charge is -2.25. The van der Waals surface area contributed by atoms with E-state index in [1.54, 1.807) is 0 Å². The van der Waals surface area contributed by atoms with Gasteiger partial charge < -0.3 is 15.4 Å². The number of hydrogen-bond acceptors (Lipinski definition) is 3. The third kappa shape index (κ3) is 6.05. The summed E-state index contributed by atoms with van der Waals surface area (Å²) in [7, 11) is 0. The quantitative estimate of drug-likeness (QED) is 0.732. The maximum Gasteiger partial charge on any atom is 0.404 e. The fraction of sp³-hybridized carbons (Fsp3) is 0.889. The zero-order valence-corrected chi connectivity index (χ0v) is 9.22. The van der Waals surface area contributed by atoms with Crippen molar-refractivity contribution in [1.82, 2.24) is 4.90 Å². The molecule has 0 aliphatic carbocycles. The molecule has 0 radical (unpaired) electrons. The highest BCUT2D eigenvalue weighted by Crippen LogP contribution is 2.08. The summed E-state index contributed by atoms with van der Waals surface area (Å²) in [6, 6.07) is 0. The highest BCUT2D eigenvalue weighted by atomic mass is 35.5. The summed E-state index contributed by atoms with van der Waals surface area (Å²) in [5.74, 6) is 0. The van der Waals surface area contributed by atoms with Crippen LogP contribution in [0.1, 0.15) is 25.7 Å². The molecule has 84 valence electrons. The second-order valence-electron chi connectivity index (χ2n) is 3.42. The van der Waals surface area contributed by atoms with Gasteiger partial charge in [0.2, 0.25) is 0 Å². The molecule has 0 bridgehead atoms. The average Bonchev–Trinajstić information content (AvgIpc) is 2.14. The minimum Gasteiger partial charge on any atom is -0.450 e. The van der Waals surface area contributed by atoms with Gasteiger partial charge in [0.25, 0.3) is 0 Å². The molecule has 1 amide bonds. The van der Waals surface area contributed by atoms with Crippen LogP contribution in [0.2, 0.25) is 0 Å². The second-order valence-corrected chi connectivity index (χ2v) is 3.42. The number of nitrogens with two attached hydrogens (primary N) is 1. The van der Waals surface area contributed by atoms with Gasteiger partial charge >= 0.3 is 6.09 Å². The van der Waals surface area contributed by atoms with E-state index in [1.165, 1.54) is 32.4 Å². The number of carbonyl (C=O) groups excluding carboxylic acids is 1. The molecule has 14 heavy (non-hydrogen) atoms. The normalized spacial score (nSPS) is 17.1. The lowest BCUT2D eigenvalue weighted by atomic mass is 10.1. The Morgan fingerprint density at radius 3 is 2.50 bits per heavy atom. The van der Waals surface area contributed by atoms with Crippen molar-refractivity contribution in [2.45, 2.75) is 25.7 Å². The van der Waals surface area contributed by atoms with Gasteiger partial charge in [0, 0.05) is 6.54 Å². The first-order chi connectivity index (χ1) is 6.29. The number of halogens is 1. The summed E-state index contributed by atoms with van der Waals surface area (Å²) < 4.78 is 4.65. The van der Waals surface area contributed by atoms with Crippen LogP contribution in [0, 0.1) is 0 Å². The molecular weight excluding hydrogens is 204 g/mol. The molecule has 0 aromatic heterocycles. The number of hydrogen-bond donors (Lipinski definition) is 1. The molecule has 0 aromatic rings. The Labute approximate surface area is 91.2 Å². The predicted octanol–water partition coefficient (Wildman–Crippen LogP) is 1.38. The lowest BCUT2D eigenvalue weighted by Crippen LogP contribution is -2.31. The molecule has 4 nitrogen and oxygen atoms in total. The zero-order valence-electron chi connectivity index (χ0n) is 8.41. The molecule has 2 N–H and O–H groups in total. The van der Waals surface area contributed by atoms with Crippen LogP contribution < -0.4 is 5.73 Å². The Bertz CT molecular complexity index is 161. The lowest BCUT2D eigenvalue weighted by molar-refractivity contribution is 0.144. The van der Waals surface area contributed by atoms with Gasteiger partial charge in [-0.1, -0.05) is 6.42 Å². The molecule has 0 saturated carbocycles. The number of ether oxygens (including phenoxy) is 1. The zero-order chi connectivity index (χ0) is 9.52. The van der Waals surface area contributed by atoms with E-state index in [4.69, 9.17) is 5.73 Å². The fourth-order valence-electron chi connectivity index (χ4n) is 1.64. The van der Waals surface area contributed by atoms with E-state index in [9.17, 15) is 4.79 Å². The third-order valence-electron chi connectivity index (χ3n) is 2.31. The standard InChI is InChI=1S/C9H18N2O2.ClH/c10-9(12)13-8-4-7-11-5-2-1-3-6-11;/h1-8H2,(H2,10,12);1H. The van der Waals surface area contributed by atoms with Crippen LogP contribution in [0.3, 0.4) is 0 Å². The molecule has 0 spiro atoms. The van der Waals surface area contributed by atoms with E-state index in [-0.39, 0.29) is 12.4 Å². The van der Waals surface area contributed by atoms with E-state index in [0.29, 0.717) is 6.61 Å². The molecule has 1 saturated heterocycles. The van der Waals surface area contributed by atoms with Gasteiger partial charge in [-0.3, -0.25) is 0 Å². The molecule has 1 heterocycles. The van der Waals surface area contributed by atoms with Crippen LogP contribution in [0.5, 0.6) is 0 Å². The van der Waals surface area contributed by atoms with E-state index in [0.717, 1.165) is 13.0 Å². The number of nitrogens with zero attached hydrogens (tertiary/aromatic N) is 1. The summed E-state index contributed by atoms with van der Waals surface area (Å²) in [4.78, 5) is 12.6. The largest absolute Gasteiger partial charge is 0.450 e. The second kappa shape index (κ2) is 7.88. The van der Waals surface area contributed by atoms with Crippen molar-refractivity contribution in [3.05, 3.63) is 0 Å². The smallest absolute Gasteiger partial charge is 0.404 e. The van der Waals surface area contributed by atoms with E-state index in [1.807, 2.05) is 0 Å². The van der Waals surface area contributed by atoms with Crippen LogP contribution >= 0.6 is 12.4 Å². The summed E-state index contributed by atoms with van der Waals surface area (Å²) in [6.07, 6.45) is 4.18. The Morgan fingerprint density at radius 2 is 1.93 bits per heavy atom. The number of primary amides is 1. The first-order valence-electron chi connectivity index (χ1n) is 4.93. The summed E-state index contributed by atoms with van der Waals surface area (Å²) >= 11 is 0. The van der Waals surface area contributed by atoms with E-state index >= 15 is 0 Å². The minimum atomic E-state index is -0.668. The van der Waals surface area contributed by atoms with Crippen LogP contribution in [0.25, 0.3) is 0 Å². The van der Waals surface area contributed by atoms with Crippen molar-refractivity contribution in [3.63, 3.8) is 0 Å². The predicted molar refractivity (Wildman–Crippen MR) is 57.7 cm³/mol. The Kier molecular flexibility index (Phi) is 7.61. The Hall–Kier alpha value is -0.480. The third-order valence-corrected chi connectivity index (χ3v) is 2.31. The summed E-state index contributed by atoms with van der Waals surface area (Å²) in [5, 5.41) is 0. The number of piperidine rings is 1. The number of amides is 1.